The molecule has 0 aliphatic rings. The molecule has 2 nitrogen and oxygen atoms in total. The molecule has 3 rings (SSSR count). The van der Waals surface area contributed by atoms with Crippen LogP contribution >= 0.6 is 46.4 Å². The van der Waals surface area contributed by atoms with Gasteiger partial charge in [-0.15, -0.1) is 0 Å². The Hall–Kier alpha value is -1.58. The van der Waals surface area contributed by atoms with E-state index in [4.69, 9.17) is 51.1 Å². The van der Waals surface area contributed by atoms with Crippen molar-refractivity contribution in [1.82, 2.24) is 0 Å². The van der Waals surface area contributed by atoms with E-state index in [1.807, 2.05) is 61.5 Å². The molecule has 1 N–H and O–H groups in total. The fourth-order valence-electron chi connectivity index (χ4n) is 2.60. The number of benzene rings is 3. The second kappa shape index (κ2) is 9.07. The van der Waals surface area contributed by atoms with Crippen LogP contribution in [0, 0.1) is 6.92 Å². The Morgan fingerprint density at radius 3 is 2.26 bits per heavy atom. The normalized spacial score (nSPS) is 10.7. The maximum absolute atomic E-state index is 6.39. The van der Waals surface area contributed by atoms with Crippen LogP contribution in [-0.2, 0) is 13.2 Å². The minimum atomic E-state index is 0.290. The Morgan fingerprint density at radius 2 is 1.56 bits per heavy atom. The Balaban J connectivity index is 1.71. The summed E-state index contributed by atoms with van der Waals surface area (Å²) < 4.78 is 5.80. The van der Waals surface area contributed by atoms with Gasteiger partial charge in [-0.25, -0.2) is 0 Å². The van der Waals surface area contributed by atoms with Crippen LogP contribution in [0.1, 0.15) is 16.7 Å². The van der Waals surface area contributed by atoms with Crippen LogP contribution < -0.4 is 10.1 Å². The van der Waals surface area contributed by atoms with Crippen LogP contribution in [0.2, 0.25) is 20.1 Å². The van der Waals surface area contributed by atoms with Gasteiger partial charge in [-0.05, 0) is 48.4 Å². The fraction of sp³-hybridized carbons (Fsp3) is 0.143. The first-order valence-corrected chi connectivity index (χ1v) is 9.79. The Morgan fingerprint density at radius 1 is 0.852 bits per heavy atom. The first kappa shape index (κ1) is 20.2. The van der Waals surface area contributed by atoms with E-state index in [0.29, 0.717) is 39.0 Å². The van der Waals surface area contributed by atoms with E-state index in [1.54, 1.807) is 0 Å². The van der Waals surface area contributed by atoms with Gasteiger partial charge in [0.25, 0.3) is 0 Å². The molecule has 0 aromatic heterocycles. The summed E-state index contributed by atoms with van der Waals surface area (Å²) in [4.78, 5) is 0. The number of rotatable bonds is 6. The van der Waals surface area contributed by atoms with Gasteiger partial charge in [0.1, 0.15) is 6.61 Å². The minimum absolute atomic E-state index is 0.290. The highest BCUT2D eigenvalue weighted by Crippen LogP contribution is 2.35. The summed E-state index contributed by atoms with van der Waals surface area (Å²) in [6.07, 6.45) is 0. The number of hydrogen-bond acceptors (Lipinski definition) is 2. The molecule has 0 bridgehead atoms. The van der Waals surface area contributed by atoms with E-state index < -0.39 is 0 Å². The number of aryl methyl sites for hydroxylation is 1. The highest BCUT2D eigenvalue weighted by molar-refractivity contribution is 6.37. The molecule has 0 radical (unpaired) electrons. The van der Waals surface area contributed by atoms with Crippen LogP contribution in [0.25, 0.3) is 0 Å². The van der Waals surface area contributed by atoms with Crippen molar-refractivity contribution < 1.29 is 4.74 Å². The second-order valence-corrected chi connectivity index (χ2v) is 7.74. The van der Waals surface area contributed by atoms with E-state index in [2.05, 4.69) is 5.32 Å². The number of anilines is 1. The summed E-state index contributed by atoms with van der Waals surface area (Å²) in [5.74, 6) is 0.445. The molecule has 3 aromatic carbocycles. The number of nitrogens with one attached hydrogen (secondary N) is 1. The van der Waals surface area contributed by atoms with Crippen molar-refractivity contribution >= 4 is 52.1 Å². The first-order chi connectivity index (χ1) is 12.9. The standard InChI is InChI=1S/C21H17Cl4NO/c1-13-6-7-16(22)10-20(13)26-11-14-8-18(24)21(19(25)9-14)27-12-15-4-2-3-5-17(15)23/h2-10,26H,11-12H2,1H3. The molecule has 6 heteroatoms. The lowest BCUT2D eigenvalue weighted by Crippen LogP contribution is -2.02. The monoisotopic (exact) mass is 439 g/mol. The SMILES string of the molecule is Cc1ccc(Cl)cc1NCc1cc(Cl)c(OCc2ccccc2Cl)c(Cl)c1. The molecule has 0 spiro atoms. The number of halogens is 4. The van der Waals surface area contributed by atoms with Gasteiger partial charge in [-0.1, -0.05) is 70.7 Å². The summed E-state index contributed by atoms with van der Waals surface area (Å²) >= 11 is 25.0. The smallest absolute Gasteiger partial charge is 0.156 e. The van der Waals surface area contributed by atoms with E-state index in [0.717, 1.165) is 22.4 Å². The van der Waals surface area contributed by atoms with Gasteiger partial charge in [0.05, 0.1) is 10.0 Å². The lowest BCUT2D eigenvalue weighted by molar-refractivity contribution is 0.306. The van der Waals surface area contributed by atoms with Crippen molar-refractivity contribution in [1.29, 1.82) is 0 Å². The van der Waals surface area contributed by atoms with Crippen molar-refractivity contribution in [3.05, 3.63) is 91.4 Å². The number of ether oxygens (including phenoxy) is 1. The van der Waals surface area contributed by atoms with Crippen molar-refractivity contribution in [2.45, 2.75) is 20.1 Å². The Bertz CT molecular complexity index is 936. The van der Waals surface area contributed by atoms with Crippen LogP contribution in [0.5, 0.6) is 5.75 Å². The summed E-state index contributed by atoms with van der Waals surface area (Å²) in [5.41, 5.74) is 3.88. The van der Waals surface area contributed by atoms with Gasteiger partial charge in [-0.3, -0.25) is 0 Å². The highest BCUT2D eigenvalue weighted by atomic mass is 35.5. The molecule has 0 aliphatic carbocycles. The molecule has 0 fully saturated rings. The molecule has 0 saturated carbocycles. The average Bonchev–Trinajstić information content (AvgIpc) is 2.63. The third-order valence-corrected chi connectivity index (χ3v) is 5.24. The maximum Gasteiger partial charge on any atom is 0.156 e. The molecular weight excluding hydrogens is 424 g/mol. The number of hydrogen-bond donors (Lipinski definition) is 1. The van der Waals surface area contributed by atoms with E-state index in [1.165, 1.54) is 0 Å². The third-order valence-electron chi connectivity index (χ3n) is 4.07. The molecule has 0 heterocycles. The molecule has 3 aromatic rings. The molecule has 0 saturated heterocycles. The zero-order valence-electron chi connectivity index (χ0n) is 14.5. The molecule has 0 atom stereocenters. The Kier molecular flexibility index (Phi) is 6.78. The van der Waals surface area contributed by atoms with Crippen LogP contribution in [-0.4, -0.2) is 0 Å². The second-order valence-electron chi connectivity index (χ2n) is 6.08. The highest BCUT2D eigenvalue weighted by Gasteiger charge is 2.11. The van der Waals surface area contributed by atoms with Gasteiger partial charge in [0.15, 0.2) is 5.75 Å². The first-order valence-electron chi connectivity index (χ1n) is 8.28. The third kappa shape index (κ3) is 5.24. The van der Waals surface area contributed by atoms with E-state index >= 15 is 0 Å². The van der Waals surface area contributed by atoms with Gasteiger partial charge < -0.3 is 10.1 Å². The molecule has 140 valence electrons. The molecular formula is C21H17Cl4NO. The van der Waals surface area contributed by atoms with Crippen LogP contribution in [0.3, 0.4) is 0 Å². The van der Waals surface area contributed by atoms with Gasteiger partial charge in [-0.2, -0.15) is 0 Å². The molecule has 0 amide bonds. The lowest BCUT2D eigenvalue weighted by Gasteiger charge is -2.14. The van der Waals surface area contributed by atoms with Crippen molar-refractivity contribution in [3.8, 4) is 5.75 Å². The van der Waals surface area contributed by atoms with Gasteiger partial charge >= 0.3 is 0 Å². The van der Waals surface area contributed by atoms with Gasteiger partial charge in [0, 0.05) is 27.8 Å². The van der Waals surface area contributed by atoms with Crippen LogP contribution in [0.4, 0.5) is 5.69 Å². The largest absolute Gasteiger partial charge is 0.486 e. The van der Waals surface area contributed by atoms with E-state index in [9.17, 15) is 0 Å². The average molecular weight is 441 g/mol. The summed E-state index contributed by atoms with van der Waals surface area (Å²) in [6.45, 7) is 2.87. The lowest BCUT2D eigenvalue weighted by atomic mass is 10.1. The van der Waals surface area contributed by atoms with Crippen LogP contribution in [0.15, 0.2) is 54.6 Å². The topological polar surface area (TPSA) is 21.3 Å². The fourth-order valence-corrected chi connectivity index (χ4v) is 3.60. The molecule has 27 heavy (non-hydrogen) atoms. The van der Waals surface area contributed by atoms with E-state index in [-0.39, 0.29) is 0 Å². The predicted molar refractivity (Wildman–Crippen MR) is 116 cm³/mol. The van der Waals surface area contributed by atoms with Crippen molar-refractivity contribution in [3.63, 3.8) is 0 Å². The quantitative estimate of drug-likeness (QED) is 0.422. The van der Waals surface area contributed by atoms with Crippen molar-refractivity contribution in [2.24, 2.45) is 0 Å². The summed E-state index contributed by atoms with van der Waals surface area (Å²) in [7, 11) is 0. The van der Waals surface area contributed by atoms with Crippen molar-refractivity contribution in [2.75, 3.05) is 5.32 Å². The molecule has 0 unspecified atom stereocenters. The predicted octanol–water partition coefficient (Wildman–Crippen LogP) is 7.80. The minimum Gasteiger partial charge on any atom is -0.486 e. The van der Waals surface area contributed by atoms with Gasteiger partial charge in [0.2, 0.25) is 0 Å². The Labute approximate surface area is 179 Å². The molecule has 0 aliphatic heterocycles. The zero-order chi connectivity index (χ0) is 19.4. The maximum atomic E-state index is 6.39. The zero-order valence-corrected chi connectivity index (χ0v) is 17.6. The summed E-state index contributed by atoms with van der Waals surface area (Å²) in [5, 5.41) is 5.58. The summed E-state index contributed by atoms with van der Waals surface area (Å²) in [6, 6.07) is 16.9.